The fourth-order valence-corrected chi connectivity index (χ4v) is 4.01. The Kier molecular flexibility index (Phi) is 5.35. The lowest BCUT2D eigenvalue weighted by Crippen LogP contribution is -2.42. The third-order valence-electron chi connectivity index (χ3n) is 5.24. The molecule has 2 aromatic heterocycles. The molecule has 0 bridgehead atoms. The third-order valence-corrected chi connectivity index (χ3v) is 5.55. The van der Waals surface area contributed by atoms with Crippen LogP contribution in [0.25, 0.3) is 0 Å². The van der Waals surface area contributed by atoms with Crippen molar-refractivity contribution < 1.29 is 22.8 Å². The number of nitrogens with zero attached hydrogens (tertiary/aromatic N) is 3. The van der Waals surface area contributed by atoms with E-state index in [4.69, 9.17) is 11.6 Å². The van der Waals surface area contributed by atoms with E-state index in [1.165, 1.54) is 17.2 Å². The van der Waals surface area contributed by atoms with Crippen LogP contribution >= 0.6 is 11.6 Å². The van der Waals surface area contributed by atoms with Gasteiger partial charge in [-0.1, -0.05) is 17.7 Å². The Morgan fingerprint density at radius 3 is 2.65 bits per heavy atom. The van der Waals surface area contributed by atoms with Gasteiger partial charge in [-0.3, -0.25) is 14.6 Å². The van der Waals surface area contributed by atoms with Crippen molar-refractivity contribution in [2.24, 2.45) is 0 Å². The molecule has 0 aliphatic carbocycles. The van der Waals surface area contributed by atoms with Crippen LogP contribution in [0.4, 0.5) is 18.9 Å². The number of carbonyl (C=O) groups is 2. The Bertz CT molecular complexity index is 1160. The first-order chi connectivity index (χ1) is 14.7. The van der Waals surface area contributed by atoms with Gasteiger partial charge in [0.15, 0.2) is 5.78 Å². The first kappa shape index (κ1) is 21.1. The summed E-state index contributed by atoms with van der Waals surface area (Å²) < 4.78 is 40.9. The zero-order chi connectivity index (χ0) is 22.3. The molecule has 9 heteroatoms. The summed E-state index contributed by atoms with van der Waals surface area (Å²) in [7, 11) is 0. The lowest BCUT2D eigenvalue weighted by molar-refractivity contribution is -0.137. The van der Waals surface area contributed by atoms with Crippen molar-refractivity contribution in [2.45, 2.75) is 25.6 Å². The van der Waals surface area contributed by atoms with Crippen molar-refractivity contribution in [3.8, 4) is 0 Å². The maximum atomic E-state index is 13.3. The summed E-state index contributed by atoms with van der Waals surface area (Å²) in [5.74, 6) is -0.632. The summed E-state index contributed by atoms with van der Waals surface area (Å²) >= 11 is 5.85. The molecule has 0 saturated heterocycles. The Morgan fingerprint density at radius 2 is 2.00 bits per heavy atom. The fourth-order valence-electron chi connectivity index (χ4n) is 3.73. The molecule has 1 aliphatic heterocycles. The zero-order valence-corrected chi connectivity index (χ0v) is 17.1. The molecule has 1 aliphatic rings. The predicted octanol–water partition coefficient (Wildman–Crippen LogP) is 5.20. The summed E-state index contributed by atoms with van der Waals surface area (Å²) in [6.07, 6.45) is -1.33. The van der Waals surface area contributed by atoms with Crippen molar-refractivity contribution in [1.82, 2.24) is 9.55 Å². The SMILES string of the molecule is C[C@H]1CN(c2ccc(C(F)(F)F)c(Cl)c2)C(=O)c2c(CC(=O)c3ccccn3)ccn21. The van der Waals surface area contributed by atoms with Gasteiger partial charge in [-0.05, 0) is 48.9 Å². The van der Waals surface area contributed by atoms with Gasteiger partial charge < -0.3 is 9.47 Å². The highest BCUT2D eigenvalue weighted by molar-refractivity contribution is 6.31. The van der Waals surface area contributed by atoms with Crippen LogP contribution in [0.5, 0.6) is 0 Å². The summed E-state index contributed by atoms with van der Waals surface area (Å²) in [6, 6.07) is 9.83. The van der Waals surface area contributed by atoms with Gasteiger partial charge in [0.2, 0.25) is 0 Å². The zero-order valence-electron chi connectivity index (χ0n) is 16.4. The van der Waals surface area contributed by atoms with Crippen LogP contribution in [0.2, 0.25) is 5.02 Å². The molecule has 1 amide bonds. The van der Waals surface area contributed by atoms with E-state index in [1.807, 2.05) is 6.92 Å². The molecule has 0 saturated carbocycles. The number of pyridine rings is 1. The highest BCUT2D eigenvalue weighted by atomic mass is 35.5. The van der Waals surface area contributed by atoms with Crippen molar-refractivity contribution in [3.05, 3.63) is 82.4 Å². The molecule has 0 radical (unpaired) electrons. The van der Waals surface area contributed by atoms with Crippen LogP contribution in [0.3, 0.4) is 0 Å². The molecular formula is C22H17ClF3N3O2. The maximum absolute atomic E-state index is 13.3. The average Bonchev–Trinajstić information content (AvgIpc) is 3.15. The van der Waals surface area contributed by atoms with E-state index in [9.17, 15) is 22.8 Å². The second-order valence-electron chi connectivity index (χ2n) is 7.34. The molecule has 0 N–H and O–H groups in total. The van der Waals surface area contributed by atoms with Gasteiger partial charge in [-0.25, -0.2) is 0 Å². The molecule has 31 heavy (non-hydrogen) atoms. The van der Waals surface area contributed by atoms with E-state index < -0.39 is 22.7 Å². The molecule has 0 unspecified atom stereocenters. The number of hydrogen-bond acceptors (Lipinski definition) is 3. The largest absolute Gasteiger partial charge is 0.417 e. The number of Topliss-reactive ketones (excluding diaryl/α,β-unsaturated/α-hetero) is 1. The van der Waals surface area contributed by atoms with Gasteiger partial charge in [0.25, 0.3) is 5.91 Å². The van der Waals surface area contributed by atoms with Crippen LogP contribution in [0.1, 0.15) is 45.1 Å². The minimum Gasteiger partial charge on any atom is -0.339 e. The number of hydrogen-bond donors (Lipinski definition) is 0. The smallest absolute Gasteiger partial charge is 0.339 e. The van der Waals surface area contributed by atoms with Gasteiger partial charge in [0.05, 0.1) is 10.6 Å². The number of carbonyl (C=O) groups excluding carboxylic acids is 2. The molecule has 3 heterocycles. The van der Waals surface area contributed by atoms with Gasteiger partial charge in [-0.2, -0.15) is 13.2 Å². The van der Waals surface area contributed by atoms with Crippen LogP contribution in [-0.4, -0.2) is 27.8 Å². The standard InChI is InChI=1S/C22H17ClF3N3O2/c1-13-12-29(15-5-6-16(17(23)11-15)22(24,25)26)21(31)20-14(7-9-28(13)20)10-19(30)18-4-2-3-8-27-18/h2-9,11,13H,10,12H2,1H3/t13-/m0/s1. The molecule has 4 rings (SSSR count). The molecule has 1 aromatic carbocycles. The fraction of sp³-hybridized carbons (Fsp3) is 0.227. The van der Waals surface area contributed by atoms with E-state index in [0.717, 1.165) is 12.1 Å². The number of rotatable bonds is 4. The Hall–Kier alpha value is -3.13. The van der Waals surface area contributed by atoms with Crippen molar-refractivity contribution >= 4 is 29.0 Å². The number of ketones is 1. The van der Waals surface area contributed by atoms with E-state index in [0.29, 0.717) is 17.0 Å². The molecule has 3 aromatic rings. The lowest BCUT2D eigenvalue weighted by Gasteiger charge is -2.33. The van der Waals surface area contributed by atoms with Gasteiger partial charge in [0, 0.05) is 37.1 Å². The second kappa shape index (κ2) is 7.85. The van der Waals surface area contributed by atoms with Crippen LogP contribution < -0.4 is 4.90 Å². The minimum atomic E-state index is -4.58. The molecule has 5 nitrogen and oxygen atoms in total. The molecule has 0 spiro atoms. The number of fused-ring (bicyclic) bond motifs is 1. The van der Waals surface area contributed by atoms with Crippen LogP contribution in [-0.2, 0) is 12.6 Å². The highest BCUT2D eigenvalue weighted by Crippen LogP contribution is 2.38. The highest BCUT2D eigenvalue weighted by Gasteiger charge is 2.36. The number of benzene rings is 1. The summed E-state index contributed by atoms with van der Waals surface area (Å²) in [5, 5.41) is -0.475. The summed E-state index contributed by atoms with van der Waals surface area (Å²) in [5.41, 5.74) is 0.476. The number of halogens is 4. The molecule has 0 fully saturated rings. The average molecular weight is 448 g/mol. The summed E-state index contributed by atoms with van der Waals surface area (Å²) in [6.45, 7) is 2.15. The van der Waals surface area contributed by atoms with Crippen molar-refractivity contribution in [2.75, 3.05) is 11.4 Å². The van der Waals surface area contributed by atoms with E-state index >= 15 is 0 Å². The third kappa shape index (κ3) is 3.95. The van der Waals surface area contributed by atoms with Crippen molar-refractivity contribution in [3.63, 3.8) is 0 Å². The number of alkyl halides is 3. The molecule has 1 atom stereocenters. The van der Waals surface area contributed by atoms with E-state index in [1.54, 1.807) is 35.0 Å². The normalized spacial score (nSPS) is 16.4. The van der Waals surface area contributed by atoms with Crippen LogP contribution in [0, 0.1) is 0 Å². The number of aromatic nitrogens is 2. The first-order valence-electron chi connectivity index (χ1n) is 9.49. The topological polar surface area (TPSA) is 55.2 Å². The van der Waals surface area contributed by atoms with E-state index in [-0.39, 0.29) is 30.5 Å². The minimum absolute atomic E-state index is 0.0145. The Labute approximate surface area is 181 Å². The molecule has 160 valence electrons. The van der Waals surface area contributed by atoms with Gasteiger partial charge >= 0.3 is 6.18 Å². The predicted molar refractivity (Wildman–Crippen MR) is 110 cm³/mol. The number of amides is 1. The van der Waals surface area contributed by atoms with Gasteiger partial charge in [0.1, 0.15) is 11.4 Å². The molecular weight excluding hydrogens is 431 g/mol. The van der Waals surface area contributed by atoms with E-state index in [2.05, 4.69) is 4.98 Å². The van der Waals surface area contributed by atoms with Crippen molar-refractivity contribution in [1.29, 1.82) is 0 Å². The first-order valence-corrected chi connectivity index (χ1v) is 9.87. The van der Waals surface area contributed by atoms with Crippen LogP contribution in [0.15, 0.2) is 54.9 Å². The Morgan fingerprint density at radius 1 is 1.23 bits per heavy atom. The number of anilines is 1. The Balaban J connectivity index is 1.66. The second-order valence-corrected chi connectivity index (χ2v) is 7.75. The lowest BCUT2D eigenvalue weighted by atomic mass is 10.0. The quantitative estimate of drug-likeness (QED) is 0.516. The maximum Gasteiger partial charge on any atom is 0.417 e. The summed E-state index contributed by atoms with van der Waals surface area (Å²) in [4.78, 5) is 31.3. The van der Waals surface area contributed by atoms with Gasteiger partial charge in [-0.15, -0.1) is 0 Å². The monoisotopic (exact) mass is 447 g/mol.